The van der Waals surface area contributed by atoms with E-state index in [1.54, 1.807) is 24.4 Å². The Morgan fingerprint density at radius 2 is 1.72 bits per heavy atom. The number of unbranched alkanes of at least 4 members (excludes halogenated alkanes) is 3. The van der Waals surface area contributed by atoms with E-state index in [-0.39, 0.29) is 54.1 Å². The van der Waals surface area contributed by atoms with Crippen LogP contribution in [0.15, 0.2) is 77.0 Å². The van der Waals surface area contributed by atoms with E-state index in [1.165, 1.54) is 16.7 Å². The number of hydrogen-bond donors (Lipinski definition) is 4. The Morgan fingerprint density at radius 3 is 2.49 bits per heavy atom. The van der Waals surface area contributed by atoms with Crippen LogP contribution in [0.1, 0.15) is 103 Å². The normalized spacial score (nSPS) is 19.9. The Labute approximate surface area is 400 Å². The highest BCUT2D eigenvalue weighted by Gasteiger charge is 2.48. The lowest BCUT2D eigenvalue weighted by molar-refractivity contribution is -0.137. The highest BCUT2D eigenvalue weighted by atomic mass is 35.5. The molecule has 1 atom stereocenters. The van der Waals surface area contributed by atoms with Crippen molar-refractivity contribution in [1.29, 1.82) is 0 Å². The number of piperidine rings is 2. The minimum Gasteiger partial charge on any atom is -0.355 e. The minimum absolute atomic E-state index is 0.0273. The Morgan fingerprint density at radius 1 is 0.910 bits per heavy atom. The molecule has 5 amide bonds. The Kier molecular flexibility index (Phi) is 13.8. The number of rotatable bonds is 16. The molecular formula is C49H58ClN11O5S. The second-order valence-electron chi connectivity index (χ2n) is 19.2. The van der Waals surface area contributed by atoms with Gasteiger partial charge in [-0.3, -0.25) is 29.3 Å². The molecule has 1 unspecified atom stereocenters. The second-order valence-corrected chi connectivity index (χ2v) is 20.7. The molecule has 5 aliphatic rings. The van der Waals surface area contributed by atoms with E-state index in [1.807, 2.05) is 42.7 Å². The number of anilines is 3. The monoisotopic (exact) mass is 947 g/mol. The van der Waals surface area contributed by atoms with Crippen LogP contribution in [0, 0.1) is 5.41 Å². The van der Waals surface area contributed by atoms with E-state index in [2.05, 4.69) is 52.5 Å². The summed E-state index contributed by atoms with van der Waals surface area (Å²) in [5, 5.41) is 9.56. The minimum atomic E-state index is -0.679. The van der Waals surface area contributed by atoms with Crippen molar-refractivity contribution in [1.82, 2.24) is 35.4 Å². The van der Waals surface area contributed by atoms with Crippen LogP contribution in [-0.4, -0.2) is 112 Å². The van der Waals surface area contributed by atoms with Crippen LogP contribution in [-0.2, 0) is 27.5 Å². The fourth-order valence-corrected chi connectivity index (χ4v) is 11.0. The van der Waals surface area contributed by atoms with Crippen molar-refractivity contribution in [3.8, 4) is 0 Å². The Hall–Kier alpha value is -5.62. The van der Waals surface area contributed by atoms with Gasteiger partial charge < -0.3 is 36.0 Å². The van der Waals surface area contributed by atoms with Crippen molar-refractivity contribution in [2.75, 3.05) is 60.9 Å². The maximum absolute atomic E-state index is 13.2. The number of aromatic nitrogens is 3. The fourth-order valence-electron chi connectivity index (χ4n) is 9.97. The van der Waals surface area contributed by atoms with E-state index in [4.69, 9.17) is 17.3 Å². The summed E-state index contributed by atoms with van der Waals surface area (Å²) < 4.78 is 0. The van der Waals surface area contributed by atoms with Crippen LogP contribution in [0.5, 0.6) is 0 Å². The maximum Gasteiger partial charge on any atom is 0.255 e. The zero-order valence-electron chi connectivity index (χ0n) is 37.9. The van der Waals surface area contributed by atoms with E-state index < -0.39 is 11.9 Å². The lowest BCUT2D eigenvalue weighted by Crippen LogP contribution is -2.57. The van der Waals surface area contributed by atoms with Crippen LogP contribution < -0.4 is 31.5 Å². The van der Waals surface area contributed by atoms with Crippen molar-refractivity contribution >= 4 is 70.2 Å². The smallest absolute Gasteiger partial charge is 0.255 e. The van der Waals surface area contributed by atoms with E-state index in [0.717, 1.165) is 123 Å². The largest absolute Gasteiger partial charge is 0.355 e. The quantitative estimate of drug-likeness (QED) is 0.0779. The summed E-state index contributed by atoms with van der Waals surface area (Å²) in [5.41, 5.74) is 9.65. The highest BCUT2D eigenvalue weighted by molar-refractivity contribution is 7.99. The number of carbonyl (C=O) groups excluding carboxylic acids is 5. The van der Waals surface area contributed by atoms with Crippen molar-refractivity contribution in [3.63, 3.8) is 0 Å². The number of carbonyl (C=O) groups is 5. The highest BCUT2D eigenvalue weighted by Crippen LogP contribution is 2.42. The van der Waals surface area contributed by atoms with Gasteiger partial charge in [0.15, 0.2) is 0 Å². The van der Waals surface area contributed by atoms with Gasteiger partial charge in [0.05, 0.1) is 23.0 Å². The molecule has 0 aliphatic carbocycles. The lowest BCUT2D eigenvalue weighted by atomic mass is 9.79. The van der Waals surface area contributed by atoms with Gasteiger partial charge in [-0.05, 0) is 93.5 Å². The van der Waals surface area contributed by atoms with Gasteiger partial charge in [0, 0.05) is 98.5 Å². The summed E-state index contributed by atoms with van der Waals surface area (Å²) in [6, 6.07) is 14.2. The van der Waals surface area contributed by atoms with Crippen LogP contribution in [0.25, 0.3) is 0 Å². The van der Waals surface area contributed by atoms with E-state index in [9.17, 15) is 24.0 Å². The van der Waals surface area contributed by atoms with Crippen molar-refractivity contribution < 1.29 is 24.0 Å². The first-order chi connectivity index (χ1) is 32.3. The lowest BCUT2D eigenvalue weighted by Gasteiger charge is -2.48. The number of hydrogen-bond acceptors (Lipinski definition) is 13. The molecule has 1 spiro atoms. The average molecular weight is 949 g/mol. The molecule has 18 heteroatoms. The summed E-state index contributed by atoms with van der Waals surface area (Å²) in [5.74, 6) is 0.279. The van der Waals surface area contributed by atoms with Crippen LogP contribution in [0.4, 0.5) is 17.3 Å². The van der Waals surface area contributed by atoms with Crippen molar-refractivity contribution in [2.24, 2.45) is 11.1 Å². The van der Waals surface area contributed by atoms with Gasteiger partial charge in [0.1, 0.15) is 22.7 Å². The second kappa shape index (κ2) is 19.9. The Balaban J connectivity index is 0.646. The molecule has 2 aromatic heterocycles. The molecule has 2 aromatic carbocycles. The zero-order valence-corrected chi connectivity index (χ0v) is 39.5. The molecule has 5 N–H and O–H groups in total. The first-order valence-corrected chi connectivity index (χ1v) is 24.6. The molecule has 5 aliphatic heterocycles. The number of nitrogens with one attached hydrogen (secondary N) is 3. The summed E-state index contributed by atoms with van der Waals surface area (Å²) in [6.45, 7) is 9.22. The first kappa shape index (κ1) is 46.5. The van der Waals surface area contributed by atoms with E-state index in [0.29, 0.717) is 34.8 Å². The summed E-state index contributed by atoms with van der Waals surface area (Å²) in [4.78, 5) is 86.4. The fraction of sp³-hybridized carbons (Fsp3) is 0.469. The molecule has 0 radical (unpaired) electrons. The number of likely N-dealkylation sites (tertiary alicyclic amines) is 1. The van der Waals surface area contributed by atoms with Gasteiger partial charge >= 0.3 is 0 Å². The van der Waals surface area contributed by atoms with Gasteiger partial charge in [0.2, 0.25) is 17.7 Å². The summed E-state index contributed by atoms with van der Waals surface area (Å²) >= 11 is 8.27. The van der Waals surface area contributed by atoms with Crippen LogP contribution in [0.2, 0.25) is 5.02 Å². The molecule has 0 saturated carbocycles. The molecule has 9 rings (SSSR count). The number of halogens is 1. The predicted molar refractivity (Wildman–Crippen MR) is 257 cm³/mol. The molecule has 0 bridgehead atoms. The van der Waals surface area contributed by atoms with Gasteiger partial charge in [-0.1, -0.05) is 54.4 Å². The van der Waals surface area contributed by atoms with Crippen molar-refractivity contribution in [3.05, 3.63) is 94.4 Å². The van der Waals surface area contributed by atoms with Gasteiger partial charge in [-0.25, -0.2) is 15.0 Å². The number of amides is 5. The van der Waals surface area contributed by atoms with Crippen LogP contribution >= 0.6 is 23.4 Å². The third-order valence-corrected chi connectivity index (χ3v) is 15.0. The molecule has 4 fully saturated rings. The molecule has 67 heavy (non-hydrogen) atoms. The number of pyridine rings is 1. The maximum atomic E-state index is 13.2. The topological polar surface area (TPSA) is 199 Å². The Bertz CT molecular complexity index is 2530. The first-order valence-electron chi connectivity index (χ1n) is 23.4. The SMILES string of the molecule is CC1(N)CCN(c2cnc(Sc3cccc(NC(=O)CCCCCCN4CC5(CCN(c6ncc(C(=O)NCc7ccc8c(c7)CN(C7CCC(=O)NC7=O)C8=O)cc6Cl)C5)C4)c3)cn2)CC1. The predicted octanol–water partition coefficient (Wildman–Crippen LogP) is 5.79. The van der Waals surface area contributed by atoms with Gasteiger partial charge in [0.25, 0.3) is 11.8 Å². The zero-order chi connectivity index (χ0) is 46.7. The number of fused-ring (bicyclic) bond motifs is 1. The van der Waals surface area contributed by atoms with Crippen molar-refractivity contribution in [2.45, 2.75) is 106 Å². The number of nitrogens with two attached hydrogens (primary N) is 1. The number of nitrogens with zero attached hydrogens (tertiary/aromatic N) is 7. The molecule has 7 heterocycles. The molecule has 16 nitrogen and oxygen atoms in total. The molecule has 4 aromatic rings. The van der Waals surface area contributed by atoms with E-state index >= 15 is 0 Å². The number of benzene rings is 2. The van der Waals surface area contributed by atoms with Crippen LogP contribution in [0.3, 0.4) is 0 Å². The third-order valence-electron chi connectivity index (χ3n) is 13.8. The molecular weight excluding hydrogens is 890 g/mol. The standard InChI is InChI=1S/C49H58ClN11O5S/c1-48(51)14-18-59(19-15-48)40-26-53-43(27-52-40)67-36-8-6-7-35(23-36)56-41(62)9-4-2-3-5-17-58-29-49(30-58)16-20-60(31-49)44-38(50)22-33(25-54-44)45(64)55-24-32-10-11-37-34(21-32)28-61(47(37)66)39-12-13-42(63)57-46(39)65/h6-8,10-11,21-23,25-27,39H,2-5,9,12-20,24,28-31,51H2,1H3,(H,55,64)(H,56,62)(H,57,63,65). The van der Waals surface area contributed by atoms with Gasteiger partial charge in [-0.2, -0.15) is 0 Å². The number of imide groups is 1. The molecule has 4 saturated heterocycles. The summed E-state index contributed by atoms with van der Waals surface area (Å²) in [7, 11) is 0. The third kappa shape index (κ3) is 11.1. The van der Waals surface area contributed by atoms with Gasteiger partial charge in [-0.15, -0.1) is 0 Å². The molecule has 352 valence electrons. The summed E-state index contributed by atoms with van der Waals surface area (Å²) in [6.07, 6.45) is 13.2. The average Bonchev–Trinajstić information content (AvgIpc) is 3.88.